The Labute approximate surface area is 152 Å². The molecule has 8 heteroatoms. The van der Waals surface area contributed by atoms with Gasteiger partial charge in [0.2, 0.25) is 5.88 Å². The fraction of sp³-hybridized carbons (Fsp3) is 0.176. The van der Waals surface area contributed by atoms with Gasteiger partial charge in [0.1, 0.15) is 17.1 Å². The third-order valence-electron chi connectivity index (χ3n) is 3.82. The molecule has 0 unspecified atom stereocenters. The predicted octanol–water partition coefficient (Wildman–Crippen LogP) is 3.12. The summed E-state index contributed by atoms with van der Waals surface area (Å²) in [6, 6.07) is 6.29. The molecule has 2 aromatic rings. The maximum Gasteiger partial charge on any atom is 0.343 e. The first kappa shape index (κ1) is 17.4. The van der Waals surface area contributed by atoms with Crippen LogP contribution in [0.15, 0.2) is 44.9 Å². The minimum atomic E-state index is -0.859. The molecule has 25 heavy (non-hydrogen) atoms. The minimum absolute atomic E-state index is 0.00968. The number of carbonyl (C=O) groups is 1. The maximum atomic E-state index is 12.5. The number of carbonyl (C=O) groups excluding carboxylic acids is 1. The van der Waals surface area contributed by atoms with Crippen LogP contribution in [-0.4, -0.2) is 13.1 Å². The summed E-state index contributed by atoms with van der Waals surface area (Å²) in [5, 5.41) is 0.608. The Bertz CT molecular complexity index is 964. The van der Waals surface area contributed by atoms with Crippen LogP contribution in [-0.2, 0) is 9.53 Å². The standard InChI is InChI=1S/C17H13Cl2NO5/c1-7-5-11-13(17(22)24-7)12(8-3-4-9(18)10(19)6-8)14(15(20)25-11)16(21)23-2/h3-6,12H,20H2,1-2H3/t12-/m1/s1. The molecule has 1 aromatic carbocycles. The van der Waals surface area contributed by atoms with Crippen molar-refractivity contribution in [1.29, 1.82) is 0 Å². The predicted molar refractivity (Wildman–Crippen MR) is 91.9 cm³/mol. The maximum absolute atomic E-state index is 12.5. The summed E-state index contributed by atoms with van der Waals surface area (Å²) in [5.41, 5.74) is 5.95. The van der Waals surface area contributed by atoms with Gasteiger partial charge in [-0.25, -0.2) is 9.59 Å². The van der Waals surface area contributed by atoms with Gasteiger partial charge in [-0.3, -0.25) is 0 Å². The van der Waals surface area contributed by atoms with E-state index in [0.717, 1.165) is 0 Å². The Hall–Kier alpha value is -2.44. The molecule has 3 rings (SSSR count). The van der Waals surface area contributed by atoms with Crippen LogP contribution in [0.1, 0.15) is 22.8 Å². The van der Waals surface area contributed by atoms with Gasteiger partial charge in [-0.1, -0.05) is 29.3 Å². The molecule has 1 atom stereocenters. The van der Waals surface area contributed by atoms with Gasteiger partial charge in [0.05, 0.1) is 28.6 Å². The molecule has 0 spiro atoms. The zero-order chi connectivity index (χ0) is 18.3. The van der Waals surface area contributed by atoms with Crippen molar-refractivity contribution in [2.75, 3.05) is 7.11 Å². The van der Waals surface area contributed by atoms with Crippen LogP contribution in [0.5, 0.6) is 5.75 Å². The number of benzene rings is 1. The average Bonchev–Trinajstić information content (AvgIpc) is 2.55. The van der Waals surface area contributed by atoms with E-state index in [0.29, 0.717) is 16.3 Å². The zero-order valence-corrected chi connectivity index (χ0v) is 14.8. The highest BCUT2D eigenvalue weighted by Gasteiger charge is 2.38. The summed E-state index contributed by atoms with van der Waals surface area (Å²) >= 11 is 12.1. The van der Waals surface area contributed by atoms with E-state index >= 15 is 0 Å². The van der Waals surface area contributed by atoms with Crippen LogP contribution in [0.2, 0.25) is 10.0 Å². The van der Waals surface area contributed by atoms with Crippen molar-refractivity contribution in [3.63, 3.8) is 0 Å². The minimum Gasteiger partial charge on any atom is -0.465 e. The van der Waals surface area contributed by atoms with Crippen molar-refractivity contribution in [1.82, 2.24) is 0 Å². The van der Waals surface area contributed by atoms with Gasteiger partial charge in [-0.2, -0.15) is 0 Å². The van der Waals surface area contributed by atoms with Gasteiger partial charge in [-0.15, -0.1) is 0 Å². The van der Waals surface area contributed by atoms with Gasteiger partial charge < -0.3 is 19.6 Å². The van der Waals surface area contributed by atoms with Crippen LogP contribution in [0.4, 0.5) is 0 Å². The highest BCUT2D eigenvalue weighted by molar-refractivity contribution is 6.42. The number of hydrogen-bond donors (Lipinski definition) is 1. The van der Waals surface area contributed by atoms with Gasteiger partial charge in [0.15, 0.2) is 0 Å². The van der Waals surface area contributed by atoms with Crippen LogP contribution in [0.25, 0.3) is 0 Å². The van der Waals surface area contributed by atoms with Gasteiger partial charge in [-0.05, 0) is 24.6 Å². The van der Waals surface area contributed by atoms with E-state index in [1.165, 1.54) is 13.2 Å². The highest BCUT2D eigenvalue weighted by Crippen LogP contribution is 2.42. The van der Waals surface area contributed by atoms with Crippen molar-refractivity contribution in [2.45, 2.75) is 12.8 Å². The van der Waals surface area contributed by atoms with E-state index < -0.39 is 17.5 Å². The van der Waals surface area contributed by atoms with E-state index in [2.05, 4.69) is 0 Å². The fourth-order valence-corrected chi connectivity index (χ4v) is 3.06. The Morgan fingerprint density at radius 2 is 1.96 bits per heavy atom. The zero-order valence-electron chi connectivity index (χ0n) is 13.3. The fourth-order valence-electron chi connectivity index (χ4n) is 2.75. The molecule has 1 aliphatic rings. The van der Waals surface area contributed by atoms with Crippen molar-refractivity contribution in [3.8, 4) is 5.75 Å². The second kappa shape index (κ2) is 6.46. The van der Waals surface area contributed by atoms with Crippen molar-refractivity contribution >= 4 is 29.2 Å². The number of halogens is 2. The van der Waals surface area contributed by atoms with Crippen molar-refractivity contribution < 1.29 is 18.7 Å². The molecular formula is C17H13Cl2NO5. The third-order valence-corrected chi connectivity index (χ3v) is 4.56. The SMILES string of the molecule is COC(=O)C1=C(N)Oc2cc(C)oc(=O)c2[C@H]1c1ccc(Cl)c(Cl)c1. The molecular weight excluding hydrogens is 369 g/mol. The Morgan fingerprint density at radius 3 is 2.60 bits per heavy atom. The number of hydrogen-bond acceptors (Lipinski definition) is 6. The van der Waals surface area contributed by atoms with Gasteiger partial charge >= 0.3 is 11.6 Å². The molecule has 0 fully saturated rings. The first-order valence-corrected chi connectivity index (χ1v) is 7.94. The van der Waals surface area contributed by atoms with Crippen LogP contribution in [0, 0.1) is 6.92 Å². The largest absolute Gasteiger partial charge is 0.465 e. The lowest BCUT2D eigenvalue weighted by molar-refractivity contribution is -0.136. The topological polar surface area (TPSA) is 91.8 Å². The number of ether oxygens (including phenoxy) is 2. The van der Waals surface area contributed by atoms with Crippen LogP contribution >= 0.6 is 23.2 Å². The molecule has 2 heterocycles. The molecule has 0 bridgehead atoms. The molecule has 0 radical (unpaired) electrons. The molecule has 6 nitrogen and oxygen atoms in total. The molecule has 0 saturated carbocycles. The molecule has 130 valence electrons. The first-order valence-electron chi connectivity index (χ1n) is 7.19. The highest BCUT2D eigenvalue weighted by atomic mass is 35.5. The summed E-state index contributed by atoms with van der Waals surface area (Å²) in [6.45, 7) is 1.61. The van der Waals surface area contributed by atoms with E-state index in [1.54, 1.807) is 25.1 Å². The molecule has 1 aromatic heterocycles. The summed E-state index contributed by atoms with van der Waals surface area (Å²) < 4.78 is 15.4. The van der Waals surface area contributed by atoms with Gasteiger partial charge in [0.25, 0.3) is 0 Å². The molecule has 0 saturated heterocycles. The Balaban J connectivity index is 2.32. The summed E-state index contributed by atoms with van der Waals surface area (Å²) in [5.74, 6) is -1.16. The Morgan fingerprint density at radius 1 is 1.24 bits per heavy atom. The van der Waals surface area contributed by atoms with Crippen molar-refractivity contribution in [3.05, 3.63) is 73.1 Å². The van der Waals surface area contributed by atoms with Crippen LogP contribution in [0.3, 0.4) is 0 Å². The van der Waals surface area contributed by atoms with E-state index in [4.69, 9.17) is 42.8 Å². The van der Waals surface area contributed by atoms with Gasteiger partial charge in [0, 0.05) is 6.07 Å². The number of rotatable bonds is 2. The number of methoxy groups -OCH3 is 1. The average molecular weight is 382 g/mol. The second-order valence-electron chi connectivity index (χ2n) is 5.40. The second-order valence-corrected chi connectivity index (χ2v) is 6.21. The lowest BCUT2D eigenvalue weighted by Crippen LogP contribution is -2.30. The number of nitrogens with two attached hydrogens (primary N) is 1. The molecule has 2 N–H and O–H groups in total. The molecule has 0 aliphatic carbocycles. The monoisotopic (exact) mass is 381 g/mol. The number of aryl methyl sites for hydroxylation is 1. The lowest BCUT2D eigenvalue weighted by atomic mass is 9.84. The number of fused-ring (bicyclic) bond motifs is 1. The normalized spacial score (nSPS) is 16.2. The van der Waals surface area contributed by atoms with E-state index in [1.807, 2.05) is 0 Å². The summed E-state index contributed by atoms with van der Waals surface area (Å²) in [7, 11) is 1.21. The summed E-state index contributed by atoms with van der Waals surface area (Å²) in [4.78, 5) is 24.7. The van der Waals surface area contributed by atoms with E-state index in [9.17, 15) is 9.59 Å². The Kier molecular flexibility index (Phi) is 4.49. The smallest absolute Gasteiger partial charge is 0.343 e. The summed E-state index contributed by atoms with van der Waals surface area (Å²) in [6.07, 6.45) is 0. The molecule has 0 amide bonds. The van der Waals surface area contributed by atoms with Crippen molar-refractivity contribution in [2.24, 2.45) is 5.73 Å². The van der Waals surface area contributed by atoms with E-state index in [-0.39, 0.29) is 27.8 Å². The number of esters is 1. The lowest BCUT2D eigenvalue weighted by Gasteiger charge is -2.27. The first-order chi connectivity index (χ1) is 11.8. The van der Waals surface area contributed by atoms with Crippen LogP contribution < -0.4 is 16.1 Å². The third kappa shape index (κ3) is 2.99. The quantitative estimate of drug-likeness (QED) is 0.803. The molecule has 1 aliphatic heterocycles.